The third kappa shape index (κ3) is 6.16. The SMILES string of the molecule is Cc1ccc(NC(=O)c2nnc(COCC(=O)NCCc3c[nH]c4ccc(Cl)cc34)s2)cc1. The van der Waals surface area contributed by atoms with Gasteiger partial charge in [0.1, 0.15) is 18.2 Å². The lowest BCUT2D eigenvalue weighted by molar-refractivity contribution is -0.126. The maximum Gasteiger partial charge on any atom is 0.286 e. The Kier molecular flexibility index (Phi) is 7.33. The van der Waals surface area contributed by atoms with Crippen LogP contribution in [-0.4, -0.2) is 40.1 Å². The van der Waals surface area contributed by atoms with Crippen LogP contribution in [-0.2, 0) is 22.6 Å². The number of amides is 2. The number of ether oxygens (including phenoxy) is 1. The zero-order valence-electron chi connectivity index (χ0n) is 17.9. The van der Waals surface area contributed by atoms with Crippen LogP contribution in [0.2, 0.25) is 5.02 Å². The van der Waals surface area contributed by atoms with E-state index in [1.165, 1.54) is 0 Å². The number of hydrogen-bond donors (Lipinski definition) is 3. The minimum atomic E-state index is -0.334. The molecular weight excluding hydrogens is 462 g/mol. The van der Waals surface area contributed by atoms with Gasteiger partial charge in [0.2, 0.25) is 10.9 Å². The number of halogens is 1. The van der Waals surface area contributed by atoms with E-state index in [9.17, 15) is 9.59 Å². The van der Waals surface area contributed by atoms with Crippen molar-refractivity contribution in [2.45, 2.75) is 20.0 Å². The minimum Gasteiger partial charge on any atom is -0.364 e. The number of carbonyl (C=O) groups excluding carboxylic acids is 2. The van der Waals surface area contributed by atoms with E-state index in [1.54, 1.807) is 0 Å². The number of aromatic nitrogens is 3. The molecule has 0 atom stereocenters. The summed E-state index contributed by atoms with van der Waals surface area (Å²) in [6, 6.07) is 13.1. The van der Waals surface area contributed by atoms with Gasteiger partial charge in [-0.25, -0.2) is 0 Å². The maximum absolute atomic E-state index is 12.3. The van der Waals surface area contributed by atoms with E-state index < -0.39 is 0 Å². The number of H-pyrrole nitrogens is 1. The molecule has 0 aliphatic carbocycles. The first-order chi connectivity index (χ1) is 16.0. The molecule has 170 valence electrons. The summed E-state index contributed by atoms with van der Waals surface area (Å²) in [7, 11) is 0. The normalized spacial score (nSPS) is 11.0. The molecule has 2 aromatic heterocycles. The Morgan fingerprint density at radius 3 is 2.79 bits per heavy atom. The van der Waals surface area contributed by atoms with Gasteiger partial charge in [-0.05, 0) is 49.2 Å². The Balaban J connectivity index is 1.18. The lowest BCUT2D eigenvalue weighted by Gasteiger charge is -2.05. The van der Waals surface area contributed by atoms with Crippen molar-refractivity contribution in [1.82, 2.24) is 20.5 Å². The number of nitrogens with one attached hydrogen (secondary N) is 3. The van der Waals surface area contributed by atoms with Gasteiger partial charge >= 0.3 is 0 Å². The molecule has 0 aliphatic heterocycles. The average molecular weight is 484 g/mol. The molecule has 4 aromatic rings. The van der Waals surface area contributed by atoms with Crippen molar-refractivity contribution in [3.05, 3.63) is 74.8 Å². The van der Waals surface area contributed by atoms with Crippen LogP contribution in [0, 0.1) is 6.92 Å². The van der Waals surface area contributed by atoms with Gasteiger partial charge in [0.05, 0.1) is 0 Å². The van der Waals surface area contributed by atoms with Gasteiger partial charge in [-0.2, -0.15) is 0 Å². The van der Waals surface area contributed by atoms with E-state index >= 15 is 0 Å². The van der Waals surface area contributed by atoms with Gasteiger partial charge in [0.15, 0.2) is 0 Å². The first-order valence-electron chi connectivity index (χ1n) is 10.3. The fourth-order valence-corrected chi connectivity index (χ4v) is 4.05. The van der Waals surface area contributed by atoms with Gasteiger partial charge in [-0.15, -0.1) is 10.2 Å². The second-order valence-corrected chi connectivity index (χ2v) is 8.92. The van der Waals surface area contributed by atoms with Crippen LogP contribution < -0.4 is 10.6 Å². The Morgan fingerprint density at radius 1 is 1.15 bits per heavy atom. The number of rotatable bonds is 9. The summed E-state index contributed by atoms with van der Waals surface area (Å²) in [4.78, 5) is 27.5. The van der Waals surface area contributed by atoms with E-state index in [4.69, 9.17) is 16.3 Å². The Labute approximate surface area is 199 Å². The number of carbonyl (C=O) groups is 2. The number of nitrogens with zero attached hydrogens (tertiary/aromatic N) is 2. The summed E-state index contributed by atoms with van der Waals surface area (Å²) >= 11 is 7.20. The van der Waals surface area contributed by atoms with E-state index in [0.717, 1.165) is 33.4 Å². The van der Waals surface area contributed by atoms with E-state index in [2.05, 4.69) is 25.8 Å². The second-order valence-electron chi connectivity index (χ2n) is 7.42. The largest absolute Gasteiger partial charge is 0.364 e. The monoisotopic (exact) mass is 483 g/mol. The molecule has 33 heavy (non-hydrogen) atoms. The molecule has 10 heteroatoms. The summed E-state index contributed by atoms with van der Waals surface area (Å²) in [6.45, 7) is 2.45. The van der Waals surface area contributed by atoms with Crippen LogP contribution in [0.3, 0.4) is 0 Å². The number of aryl methyl sites for hydroxylation is 1. The molecule has 2 amide bonds. The molecule has 4 rings (SSSR count). The van der Waals surface area contributed by atoms with Crippen molar-refractivity contribution in [3.8, 4) is 0 Å². The van der Waals surface area contributed by atoms with E-state index in [1.807, 2.05) is 55.6 Å². The zero-order valence-corrected chi connectivity index (χ0v) is 19.4. The summed E-state index contributed by atoms with van der Waals surface area (Å²) in [5.74, 6) is -0.561. The Hall–Kier alpha value is -3.27. The van der Waals surface area contributed by atoms with Crippen LogP contribution in [0.1, 0.15) is 25.9 Å². The molecule has 0 aliphatic rings. The predicted molar refractivity (Wildman–Crippen MR) is 129 cm³/mol. The fourth-order valence-electron chi connectivity index (χ4n) is 3.20. The highest BCUT2D eigenvalue weighted by Crippen LogP contribution is 2.22. The number of benzene rings is 2. The van der Waals surface area contributed by atoms with Crippen LogP contribution >= 0.6 is 22.9 Å². The van der Waals surface area contributed by atoms with Gasteiger partial charge in [0, 0.05) is 34.4 Å². The van der Waals surface area contributed by atoms with E-state index in [0.29, 0.717) is 28.7 Å². The van der Waals surface area contributed by atoms with Crippen LogP contribution in [0.15, 0.2) is 48.7 Å². The molecule has 0 radical (unpaired) electrons. The van der Waals surface area contributed by atoms with Gasteiger partial charge in [-0.1, -0.05) is 40.6 Å². The van der Waals surface area contributed by atoms with Crippen LogP contribution in [0.4, 0.5) is 5.69 Å². The molecule has 0 saturated heterocycles. The first kappa shape index (κ1) is 22.9. The highest BCUT2D eigenvalue weighted by Gasteiger charge is 2.14. The van der Waals surface area contributed by atoms with Crippen molar-refractivity contribution < 1.29 is 14.3 Å². The molecular formula is C23H22ClN5O3S. The highest BCUT2D eigenvalue weighted by molar-refractivity contribution is 7.13. The van der Waals surface area contributed by atoms with Crippen LogP contribution in [0.25, 0.3) is 10.9 Å². The highest BCUT2D eigenvalue weighted by atomic mass is 35.5. The summed E-state index contributed by atoms with van der Waals surface area (Å²) < 4.78 is 5.42. The minimum absolute atomic E-state index is 0.101. The third-order valence-corrected chi connectivity index (χ3v) is 6.01. The standard InChI is InChI=1S/C23H22ClN5O3S/c1-14-2-5-17(6-3-14)27-22(31)23-29-28-21(33-23)13-32-12-20(30)25-9-8-15-11-26-19-7-4-16(24)10-18(15)19/h2-7,10-11,26H,8-9,12-13H2,1H3,(H,25,30)(H,27,31). The van der Waals surface area contributed by atoms with Crippen molar-refractivity contribution in [1.29, 1.82) is 0 Å². The number of hydrogen-bond acceptors (Lipinski definition) is 6. The molecule has 3 N–H and O–H groups in total. The van der Waals surface area contributed by atoms with Gasteiger partial charge in [0.25, 0.3) is 5.91 Å². The lowest BCUT2D eigenvalue weighted by Crippen LogP contribution is -2.29. The zero-order chi connectivity index (χ0) is 23.2. The second kappa shape index (κ2) is 10.6. The van der Waals surface area contributed by atoms with Crippen LogP contribution in [0.5, 0.6) is 0 Å². The van der Waals surface area contributed by atoms with Crippen molar-refractivity contribution in [2.75, 3.05) is 18.5 Å². The number of aromatic amines is 1. The van der Waals surface area contributed by atoms with Crippen molar-refractivity contribution >= 4 is 51.3 Å². The van der Waals surface area contributed by atoms with Crippen molar-refractivity contribution in [3.63, 3.8) is 0 Å². The number of fused-ring (bicyclic) bond motifs is 1. The smallest absolute Gasteiger partial charge is 0.286 e. The molecule has 0 bridgehead atoms. The average Bonchev–Trinajstić information content (AvgIpc) is 3.43. The molecule has 0 saturated carbocycles. The van der Waals surface area contributed by atoms with Crippen molar-refractivity contribution in [2.24, 2.45) is 0 Å². The Morgan fingerprint density at radius 2 is 1.97 bits per heavy atom. The molecule has 0 spiro atoms. The summed E-state index contributed by atoms with van der Waals surface area (Å²) in [5.41, 5.74) is 3.88. The third-order valence-electron chi connectivity index (χ3n) is 4.88. The first-order valence-corrected chi connectivity index (χ1v) is 11.5. The number of anilines is 1. The quantitative estimate of drug-likeness (QED) is 0.332. The predicted octanol–water partition coefficient (Wildman–Crippen LogP) is 4.11. The lowest BCUT2D eigenvalue weighted by atomic mass is 10.1. The molecule has 0 unspecified atom stereocenters. The molecule has 0 fully saturated rings. The molecule has 2 aromatic carbocycles. The Bertz CT molecular complexity index is 1270. The topological polar surface area (TPSA) is 109 Å². The van der Waals surface area contributed by atoms with Gasteiger partial charge in [-0.3, -0.25) is 9.59 Å². The van der Waals surface area contributed by atoms with Gasteiger partial charge < -0.3 is 20.4 Å². The maximum atomic E-state index is 12.3. The van der Waals surface area contributed by atoms with E-state index in [-0.39, 0.29) is 30.0 Å². The fraction of sp³-hybridized carbons (Fsp3) is 0.217. The molecule has 2 heterocycles. The molecule has 8 nitrogen and oxygen atoms in total. The summed E-state index contributed by atoms with van der Waals surface area (Å²) in [5, 5.41) is 15.9. The summed E-state index contributed by atoms with van der Waals surface area (Å²) in [6.07, 6.45) is 2.59.